The number of nitrogens with one attached hydrogen (secondary N) is 2. The SMILES string of the molecule is CCNC(=NCC(C)Sc1ccccc1)NCCc1cccc(C(=O)N(C)C)c1.I. The number of nitrogens with zero attached hydrogens (tertiary/aromatic N) is 2. The van der Waals surface area contributed by atoms with E-state index < -0.39 is 0 Å². The van der Waals surface area contributed by atoms with Gasteiger partial charge in [-0.1, -0.05) is 37.3 Å². The molecule has 1 amide bonds. The van der Waals surface area contributed by atoms with Crippen LogP contribution in [0.25, 0.3) is 0 Å². The minimum atomic E-state index is 0. The second-order valence-corrected chi connectivity index (χ2v) is 8.55. The fourth-order valence-corrected chi connectivity index (χ4v) is 3.70. The van der Waals surface area contributed by atoms with Crippen molar-refractivity contribution in [3.05, 3.63) is 65.7 Å². The van der Waals surface area contributed by atoms with Crippen molar-refractivity contribution in [2.45, 2.75) is 30.4 Å². The molecule has 2 aromatic carbocycles. The number of guanidine groups is 1. The van der Waals surface area contributed by atoms with Gasteiger partial charge in [-0.05, 0) is 43.2 Å². The molecule has 0 spiro atoms. The third-order valence-electron chi connectivity index (χ3n) is 4.22. The number of benzene rings is 2. The molecule has 0 saturated heterocycles. The molecule has 0 aliphatic rings. The van der Waals surface area contributed by atoms with Gasteiger partial charge in [0, 0.05) is 42.9 Å². The Morgan fingerprint density at radius 3 is 2.50 bits per heavy atom. The third kappa shape index (κ3) is 9.38. The van der Waals surface area contributed by atoms with Crippen LogP contribution in [0.5, 0.6) is 0 Å². The maximum absolute atomic E-state index is 12.1. The minimum absolute atomic E-state index is 0. The van der Waals surface area contributed by atoms with Gasteiger partial charge >= 0.3 is 0 Å². The minimum Gasteiger partial charge on any atom is -0.357 e. The summed E-state index contributed by atoms with van der Waals surface area (Å²) in [6, 6.07) is 18.2. The van der Waals surface area contributed by atoms with Crippen LogP contribution in [0.15, 0.2) is 64.5 Å². The number of halogens is 1. The van der Waals surface area contributed by atoms with Crippen molar-refractivity contribution in [3.63, 3.8) is 0 Å². The highest BCUT2D eigenvalue weighted by atomic mass is 127. The molecule has 30 heavy (non-hydrogen) atoms. The Hall–Kier alpha value is -1.74. The zero-order chi connectivity index (χ0) is 21.1. The van der Waals surface area contributed by atoms with E-state index in [0.29, 0.717) is 5.25 Å². The molecule has 2 N–H and O–H groups in total. The topological polar surface area (TPSA) is 56.7 Å². The summed E-state index contributed by atoms with van der Waals surface area (Å²) in [5.41, 5.74) is 1.86. The Labute approximate surface area is 202 Å². The molecular weight excluding hydrogens is 507 g/mol. The van der Waals surface area contributed by atoms with Crippen LogP contribution in [0.4, 0.5) is 0 Å². The van der Waals surface area contributed by atoms with E-state index in [9.17, 15) is 4.79 Å². The van der Waals surface area contributed by atoms with Gasteiger partial charge in [-0.15, -0.1) is 35.7 Å². The van der Waals surface area contributed by atoms with Gasteiger partial charge in [0.2, 0.25) is 0 Å². The zero-order valence-electron chi connectivity index (χ0n) is 18.2. The predicted molar refractivity (Wildman–Crippen MR) is 139 cm³/mol. The molecule has 164 valence electrons. The second-order valence-electron chi connectivity index (χ2n) is 7.04. The van der Waals surface area contributed by atoms with E-state index in [2.05, 4.69) is 54.8 Å². The number of carbonyl (C=O) groups excluding carboxylic acids is 1. The molecule has 0 aliphatic carbocycles. The van der Waals surface area contributed by atoms with Gasteiger partial charge in [0.05, 0.1) is 6.54 Å². The molecule has 0 aromatic heterocycles. The Kier molecular flexibility index (Phi) is 12.5. The predicted octanol–water partition coefficient (Wildman–Crippen LogP) is 4.28. The monoisotopic (exact) mass is 540 g/mol. The molecule has 0 heterocycles. The molecule has 1 atom stereocenters. The van der Waals surface area contributed by atoms with Gasteiger partial charge in [0.25, 0.3) is 5.91 Å². The van der Waals surface area contributed by atoms with E-state index in [-0.39, 0.29) is 29.9 Å². The number of amides is 1. The lowest BCUT2D eigenvalue weighted by molar-refractivity contribution is 0.0827. The van der Waals surface area contributed by atoms with Gasteiger partial charge in [0.15, 0.2) is 5.96 Å². The molecule has 2 aromatic rings. The molecule has 2 rings (SSSR count). The van der Waals surface area contributed by atoms with Crippen LogP contribution in [0.1, 0.15) is 29.8 Å². The maximum atomic E-state index is 12.1. The highest BCUT2D eigenvalue weighted by Gasteiger charge is 2.08. The number of hydrogen-bond donors (Lipinski definition) is 2. The van der Waals surface area contributed by atoms with Gasteiger partial charge in [-0.3, -0.25) is 9.79 Å². The van der Waals surface area contributed by atoms with Crippen LogP contribution in [-0.4, -0.2) is 55.7 Å². The van der Waals surface area contributed by atoms with Crippen molar-refractivity contribution in [1.29, 1.82) is 0 Å². The van der Waals surface area contributed by atoms with E-state index >= 15 is 0 Å². The van der Waals surface area contributed by atoms with Crippen LogP contribution in [0.2, 0.25) is 0 Å². The zero-order valence-corrected chi connectivity index (χ0v) is 21.4. The highest BCUT2D eigenvalue weighted by Crippen LogP contribution is 2.22. The van der Waals surface area contributed by atoms with Crippen molar-refractivity contribution < 1.29 is 4.79 Å². The van der Waals surface area contributed by atoms with Crippen molar-refractivity contribution >= 4 is 47.6 Å². The summed E-state index contributed by atoms with van der Waals surface area (Å²) in [4.78, 5) is 19.7. The lowest BCUT2D eigenvalue weighted by atomic mass is 10.1. The van der Waals surface area contributed by atoms with Crippen molar-refractivity contribution in [3.8, 4) is 0 Å². The van der Waals surface area contributed by atoms with E-state index in [1.54, 1.807) is 19.0 Å². The standard InChI is InChI=1S/C23H32N4OS.HI/c1-5-24-23(26-17-18(2)29-21-12-7-6-8-13-21)25-15-14-19-10-9-11-20(16-19)22(28)27(3)4;/h6-13,16,18H,5,14-15,17H2,1-4H3,(H2,24,25,26);1H. The van der Waals surface area contributed by atoms with Crippen LogP contribution in [0, 0.1) is 0 Å². The molecule has 0 radical (unpaired) electrons. The molecule has 0 saturated carbocycles. The fourth-order valence-electron chi connectivity index (χ4n) is 2.77. The smallest absolute Gasteiger partial charge is 0.253 e. The normalized spacial score (nSPS) is 11.9. The summed E-state index contributed by atoms with van der Waals surface area (Å²) >= 11 is 1.83. The summed E-state index contributed by atoms with van der Waals surface area (Å²) in [6.07, 6.45) is 0.827. The number of aliphatic imine (C=N–C) groups is 1. The molecule has 5 nitrogen and oxygen atoms in total. The summed E-state index contributed by atoms with van der Waals surface area (Å²) in [5.74, 6) is 0.855. The first-order valence-electron chi connectivity index (χ1n) is 10.0. The van der Waals surface area contributed by atoms with Gasteiger partial charge in [0.1, 0.15) is 0 Å². The van der Waals surface area contributed by atoms with Gasteiger partial charge in [-0.2, -0.15) is 0 Å². The Balaban J connectivity index is 0.00000450. The molecule has 0 bridgehead atoms. The Morgan fingerprint density at radius 1 is 1.10 bits per heavy atom. The first kappa shape index (κ1) is 26.3. The van der Waals surface area contributed by atoms with Crippen molar-refractivity contribution in [2.24, 2.45) is 4.99 Å². The molecular formula is C23H33IN4OS. The lowest BCUT2D eigenvalue weighted by Gasteiger charge is -2.14. The summed E-state index contributed by atoms with van der Waals surface area (Å²) < 4.78 is 0. The van der Waals surface area contributed by atoms with E-state index in [0.717, 1.165) is 43.1 Å². The maximum Gasteiger partial charge on any atom is 0.253 e. The summed E-state index contributed by atoms with van der Waals surface area (Å²) in [6.45, 7) is 6.57. The molecule has 0 aliphatic heterocycles. The fraction of sp³-hybridized carbons (Fsp3) is 0.391. The number of rotatable bonds is 9. The molecule has 7 heteroatoms. The van der Waals surface area contributed by atoms with Crippen LogP contribution < -0.4 is 10.6 Å². The first-order valence-corrected chi connectivity index (χ1v) is 10.9. The van der Waals surface area contributed by atoms with E-state index in [4.69, 9.17) is 4.99 Å². The second kappa shape index (κ2) is 14.3. The first-order chi connectivity index (χ1) is 14.0. The molecule has 0 fully saturated rings. The Bertz CT molecular complexity index is 799. The van der Waals surface area contributed by atoms with E-state index in [1.165, 1.54) is 4.90 Å². The average Bonchev–Trinajstić information content (AvgIpc) is 2.72. The average molecular weight is 541 g/mol. The molecule has 1 unspecified atom stereocenters. The van der Waals surface area contributed by atoms with Crippen LogP contribution in [0.3, 0.4) is 0 Å². The largest absolute Gasteiger partial charge is 0.357 e. The van der Waals surface area contributed by atoms with Crippen molar-refractivity contribution in [2.75, 3.05) is 33.7 Å². The van der Waals surface area contributed by atoms with E-state index in [1.807, 2.05) is 36.0 Å². The quantitative estimate of drug-likeness (QED) is 0.216. The number of hydrogen-bond acceptors (Lipinski definition) is 3. The van der Waals surface area contributed by atoms with Crippen LogP contribution >= 0.6 is 35.7 Å². The summed E-state index contributed by atoms with van der Waals surface area (Å²) in [5, 5.41) is 7.09. The van der Waals surface area contributed by atoms with Crippen molar-refractivity contribution in [1.82, 2.24) is 15.5 Å². The van der Waals surface area contributed by atoms with Gasteiger partial charge < -0.3 is 15.5 Å². The summed E-state index contributed by atoms with van der Waals surface area (Å²) in [7, 11) is 3.54. The number of thioether (sulfide) groups is 1. The van der Waals surface area contributed by atoms with Crippen LogP contribution in [-0.2, 0) is 6.42 Å². The highest BCUT2D eigenvalue weighted by molar-refractivity contribution is 14.0. The van der Waals surface area contributed by atoms with Gasteiger partial charge in [-0.25, -0.2) is 0 Å². The number of carbonyl (C=O) groups is 1. The third-order valence-corrected chi connectivity index (χ3v) is 5.31. The lowest BCUT2D eigenvalue weighted by Crippen LogP contribution is -2.38. The Morgan fingerprint density at radius 2 is 1.83 bits per heavy atom.